The summed E-state index contributed by atoms with van der Waals surface area (Å²) >= 11 is 12.2. The standard InChI is InChI=1S/C15H17Cl2N5O2/c1-18-13-10(17)7-19-15(21-13)20-11-6-12(24-4)8(5-9(11)16)14(23)22(2)3/h5-7H,1-4H3,(H2,18,19,20,21). The van der Waals surface area contributed by atoms with Crippen LogP contribution in [0.2, 0.25) is 10.0 Å². The lowest BCUT2D eigenvalue weighted by molar-refractivity contribution is 0.0824. The van der Waals surface area contributed by atoms with E-state index in [-0.39, 0.29) is 5.91 Å². The lowest BCUT2D eigenvalue weighted by Crippen LogP contribution is -2.22. The number of nitrogens with zero attached hydrogens (tertiary/aromatic N) is 3. The highest BCUT2D eigenvalue weighted by molar-refractivity contribution is 6.34. The Morgan fingerprint density at radius 3 is 2.54 bits per heavy atom. The molecule has 0 spiro atoms. The van der Waals surface area contributed by atoms with E-state index in [4.69, 9.17) is 27.9 Å². The van der Waals surface area contributed by atoms with Gasteiger partial charge in [-0.1, -0.05) is 23.2 Å². The third kappa shape index (κ3) is 3.80. The van der Waals surface area contributed by atoms with Crippen molar-refractivity contribution >= 4 is 46.6 Å². The summed E-state index contributed by atoms with van der Waals surface area (Å²) in [6, 6.07) is 3.16. The van der Waals surface area contributed by atoms with E-state index in [9.17, 15) is 4.79 Å². The zero-order valence-electron chi connectivity index (χ0n) is 13.6. The number of hydrogen-bond donors (Lipinski definition) is 2. The minimum atomic E-state index is -0.208. The van der Waals surface area contributed by atoms with Gasteiger partial charge in [-0.2, -0.15) is 4.98 Å². The number of benzene rings is 1. The van der Waals surface area contributed by atoms with Crippen molar-refractivity contribution in [1.29, 1.82) is 0 Å². The number of carbonyl (C=O) groups is 1. The van der Waals surface area contributed by atoms with Crippen molar-refractivity contribution < 1.29 is 9.53 Å². The van der Waals surface area contributed by atoms with Crippen molar-refractivity contribution in [2.24, 2.45) is 0 Å². The van der Waals surface area contributed by atoms with Gasteiger partial charge in [-0.05, 0) is 6.07 Å². The summed E-state index contributed by atoms with van der Waals surface area (Å²) in [6.07, 6.45) is 1.47. The van der Waals surface area contributed by atoms with Gasteiger partial charge in [0.05, 0.1) is 29.6 Å². The lowest BCUT2D eigenvalue weighted by atomic mass is 10.1. The molecule has 9 heteroatoms. The van der Waals surface area contributed by atoms with E-state index in [0.29, 0.717) is 38.8 Å². The predicted molar refractivity (Wildman–Crippen MR) is 95.9 cm³/mol. The predicted octanol–water partition coefficient (Wildman–Crippen LogP) is 3.28. The van der Waals surface area contributed by atoms with Gasteiger partial charge in [-0.15, -0.1) is 0 Å². The van der Waals surface area contributed by atoms with Gasteiger partial charge in [0.1, 0.15) is 16.6 Å². The maximum Gasteiger partial charge on any atom is 0.257 e. The fraction of sp³-hybridized carbons (Fsp3) is 0.267. The van der Waals surface area contributed by atoms with Gasteiger partial charge < -0.3 is 20.3 Å². The second-order valence-electron chi connectivity index (χ2n) is 5.00. The van der Waals surface area contributed by atoms with Crippen molar-refractivity contribution in [3.8, 4) is 5.75 Å². The van der Waals surface area contributed by atoms with E-state index < -0.39 is 0 Å². The Bertz CT molecular complexity index is 768. The Kier molecular flexibility index (Phi) is 5.69. The highest BCUT2D eigenvalue weighted by Gasteiger charge is 2.18. The van der Waals surface area contributed by atoms with Crippen LogP contribution in [-0.4, -0.2) is 49.0 Å². The van der Waals surface area contributed by atoms with Crippen molar-refractivity contribution in [3.63, 3.8) is 0 Å². The average molecular weight is 370 g/mol. The van der Waals surface area contributed by atoms with Crippen LogP contribution in [0.15, 0.2) is 18.3 Å². The molecule has 0 aliphatic carbocycles. The number of methoxy groups -OCH3 is 1. The first kappa shape index (κ1) is 18.1. The molecule has 0 saturated heterocycles. The molecule has 2 rings (SSSR count). The molecular formula is C15H17Cl2N5O2. The molecule has 0 aliphatic rings. The van der Waals surface area contributed by atoms with Crippen LogP contribution in [0.1, 0.15) is 10.4 Å². The normalized spacial score (nSPS) is 10.2. The quantitative estimate of drug-likeness (QED) is 0.841. The van der Waals surface area contributed by atoms with Gasteiger partial charge in [0, 0.05) is 27.2 Å². The number of hydrogen-bond acceptors (Lipinski definition) is 6. The summed E-state index contributed by atoms with van der Waals surface area (Å²) in [5.74, 6) is 0.972. The molecule has 0 atom stereocenters. The molecule has 1 amide bonds. The highest BCUT2D eigenvalue weighted by Crippen LogP contribution is 2.33. The smallest absolute Gasteiger partial charge is 0.257 e. The molecule has 1 aromatic carbocycles. The molecule has 0 aliphatic heterocycles. The summed E-state index contributed by atoms with van der Waals surface area (Å²) in [7, 11) is 6.50. The molecule has 0 bridgehead atoms. The monoisotopic (exact) mass is 369 g/mol. The summed E-state index contributed by atoms with van der Waals surface area (Å²) < 4.78 is 5.29. The zero-order chi connectivity index (χ0) is 17.9. The first-order valence-electron chi connectivity index (χ1n) is 6.93. The Hall–Kier alpha value is -2.25. The Labute approximate surface area is 149 Å². The number of amides is 1. The number of anilines is 3. The van der Waals surface area contributed by atoms with Crippen molar-refractivity contribution in [2.45, 2.75) is 0 Å². The SMILES string of the molecule is CNc1nc(Nc2cc(OC)c(C(=O)N(C)C)cc2Cl)ncc1Cl. The van der Waals surface area contributed by atoms with E-state index in [0.717, 1.165) is 0 Å². The molecule has 24 heavy (non-hydrogen) atoms. The minimum absolute atomic E-state index is 0.208. The minimum Gasteiger partial charge on any atom is -0.496 e. The molecule has 0 saturated carbocycles. The van der Waals surface area contributed by atoms with E-state index in [2.05, 4.69) is 20.6 Å². The van der Waals surface area contributed by atoms with E-state index in [1.165, 1.54) is 18.2 Å². The van der Waals surface area contributed by atoms with Crippen molar-refractivity contribution in [2.75, 3.05) is 38.9 Å². The first-order chi connectivity index (χ1) is 11.4. The van der Waals surface area contributed by atoms with Crippen LogP contribution in [0.5, 0.6) is 5.75 Å². The van der Waals surface area contributed by atoms with Crippen LogP contribution in [0.3, 0.4) is 0 Å². The van der Waals surface area contributed by atoms with E-state index in [1.54, 1.807) is 33.3 Å². The fourth-order valence-electron chi connectivity index (χ4n) is 1.95. The first-order valence-corrected chi connectivity index (χ1v) is 7.69. The van der Waals surface area contributed by atoms with Gasteiger partial charge >= 0.3 is 0 Å². The molecular weight excluding hydrogens is 353 g/mol. The number of aromatic nitrogens is 2. The van der Waals surface area contributed by atoms with Crippen molar-refractivity contribution in [1.82, 2.24) is 14.9 Å². The third-order valence-corrected chi connectivity index (χ3v) is 3.74. The molecule has 0 radical (unpaired) electrons. The van der Waals surface area contributed by atoms with Crippen molar-refractivity contribution in [3.05, 3.63) is 33.9 Å². The van der Waals surface area contributed by atoms with Crippen LogP contribution >= 0.6 is 23.2 Å². The molecule has 2 aromatic rings. The summed E-state index contributed by atoms with van der Waals surface area (Å²) in [5, 5.41) is 6.59. The fourth-order valence-corrected chi connectivity index (χ4v) is 2.35. The summed E-state index contributed by atoms with van der Waals surface area (Å²) in [5.41, 5.74) is 0.874. The Morgan fingerprint density at radius 2 is 1.96 bits per heavy atom. The molecule has 128 valence electrons. The Balaban J connectivity index is 2.39. The maximum absolute atomic E-state index is 12.2. The summed E-state index contributed by atoms with van der Waals surface area (Å²) in [4.78, 5) is 22.0. The zero-order valence-corrected chi connectivity index (χ0v) is 15.2. The van der Waals surface area contributed by atoms with Gasteiger partial charge in [0.25, 0.3) is 5.91 Å². The lowest BCUT2D eigenvalue weighted by Gasteiger charge is -2.16. The molecule has 0 fully saturated rings. The Morgan fingerprint density at radius 1 is 1.25 bits per heavy atom. The highest BCUT2D eigenvalue weighted by atomic mass is 35.5. The number of rotatable bonds is 5. The third-order valence-electron chi connectivity index (χ3n) is 3.15. The second-order valence-corrected chi connectivity index (χ2v) is 5.81. The molecule has 0 unspecified atom stereocenters. The van der Waals surface area contributed by atoms with Gasteiger partial charge in [-0.3, -0.25) is 4.79 Å². The molecule has 1 heterocycles. The average Bonchev–Trinajstić information content (AvgIpc) is 2.57. The molecule has 2 N–H and O–H groups in total. The second kappa shape index (κ2) is 7.55. The van der Waals surface area contributed by atoms with Crippen LogP contribution in [0, 0.1) is 0 Å². The van der Waals surface area contributed by atoms with E-state index in [1.807, 2.05) is 0 Å². The number of halogens is 2. The maximum atomic E-state index is 12.2. The van der Waals surface area contributed by atoms with Gasteiger partial charge in [-0.25, -0.2) is 4.98 Å². The van der Waals surface area contributed by atoms with Crippen LogP contribution in [-0.2, 0) is 0 Å². The number of ether oxygens (including phenoxy) is 1. The van der Waals surface area contributed by atoms with Crippen LogP contribution < -0.4 is 15.4 Å². The van der Waals surface area contributed by atoms with Gasteiger partial charge in [0.2, 0.25) is 5.95 Å². The number of nitrogens with one attached hydrogen (secondary N) is 2. The number of carbonyl (C=O) groups excluding carboxylic acids is 1. The van der Waals surface area contributed by atoms with E-state index >= 15 is 0 Å². The topological polar surface area (TPSA) is 79.4 Å². The van der Waals surface area contributed by atoms with Gasteiger partial charge in [0.15, 0.2) is 0 Å². The molecule has 1 aromatic heterocycles. The molecule has 7 nitrogen and oxygen atoms in total. The largest absolute Gasteiger partial charge is 0.496 e. The van der Waals surface area contributed by atoms with Crippen LogP contribution in [0.4, 0.5) is 17.5 Å². The summed E-state index contributed by atoms with van der Waals surface area (Å²) in [6.45, 7) is 0. The van der Waals surface area contributed by atoms with Crippen LogP contribution in [0.25, 0.3) is 0 Å².